The van der Waals surface area contributed by atoms with E-state index in [2.05, 4.69) is 102 Å². The summed E-state index contributed by atoms with van der Waals surface area (Å²) in [5, 5.41) is 5.63. The Bertz CT molecular complexity index is 965. The predicted molar refractivity (Wildman–Crippen MR) is 145 cm³/mol. The Labute approximate surface area is 264 Å². The summed E-state index contributed by atoms with van der Waals surface area (Å²) in [5.74, 6) is 0. The van der Waals surface area contributed by atoms with Crippen molar-refractivity contribution in [1.82, 2.24) is 0 Å². The van der Waals surface area contributed by atoms with Crippen molar-refractivity contribution >= 4 is 31.1 Å². The number of hydrogen-bond acceptors (Lipinski definition) is 0. The van der Waals surface area contributed by atoms with E-state index < -0.39 is 0 Å². The van der Waals surface area contributed by atoms with E-state index in [-0.39, 0.29) is 74.2 Å². The Morgan fingerprint density at radius 3 is 1.24 bits per heavy atom. The van der Waals surface area contributed by atoms with Gasteiger partial charge in [-0.2, -0.15) is 11.1 Å². The van der Waals surface area contributed by atoms with Crippen molar-refractivity contribution in [3.05, 3.63) is 82.9 Å². The Morgan fingerprint density at radius 1 is 0.618 bits per heavy atom. The summed E-state index contributed by atoms with van der Waals surface area (Å²) in [7, 11) is 0.815. The summed E-state index contributed by atoms with van der Waals surface area (Å²) in [5.41, 5.74) is 5.97. The van der Waals surface area contributed by atoms with Crippen LogP contribution < -0.4 is 48.0 Å². The average molecular weight is 775 g/mol. The van der Waals surface area contributed by atoms with Crippen LogP contribution in [0.5, 0.6) is 0 Å². The molecule has 183 valence electrons. The van der Waals surface area contributed by atoms with Crippen molar-refractivity contribution in [1.29, 1.82) is 0 Å². The first-order valence-electron chi connectivity index (χ1n) is 12.2. The van der Waals surface area contributed by atoms with Crippen LogP contribution in [-0.4, -0.2) is 9.52 Å². The summed E-state index contributed by atoms with van der Waals surface area (Å²) in [6.07, 6.45) is 4.88. The molecule has 0 amide bonds. The zero-order chi connectivity index (χ0) is 22.6. The number of aryl methyl sites for hydroxylation is 4. The first-order valence-corrected chi connectivity index (χ1v) is 13.8. The first-order chi connectivity index (χ1) is 15.1. The van der Waals surface area contributed by atoms with E-state index in [4.69, 9.17) is 0 Å². The van der Waals surface area contributed by atoms with Gasteiger partial charge in [0.1, 0.15) is 0 Å². The fraction of sp³-hybridized carbons (Fsp3) is 0.400. The first kappa shape index (κ1) is 36.4. The van der Waals surface area contributed by atoms with Crippen LogP contribution >= 0.6 is 0 Å². The molecule has 0 saturated carbocycles. The third-order valence-electron chi connectivity index (χ3n) is 5.97. The van der Waals surface area contributed by atoms with Crippen molar-refractivity contribution in [2.24, 2.45) is 0 Å². The normalized spacial score (nSPS) is 9.59. The zero-order valence-electron chi connectivity index (χ0n) is 21.8. The van der Waals surface area contributed by atoms with Crippen LogP contribution in [0.2, 0.25) is 12.1 Å². The van der Waals surface area contributed by atoms with Crippen LogP contribution in [0.4, 0.5) is 0 Å². The molecule has 0 heterocycles. The molecule has 0 nitrogen and oxygen atoms in total. The average Bonchev–Trinajstić information content (AvgIpc) is 3.27. The van der Waals surface area contributed by atoms with Gasteiger partial charge in [0.2, 0.25) is 0 Å². The molecule has 0 aliphatic heterocycles. The molecule has 4 heteroatoms. The molecular formula is C30H41I2SiZr. The molecule has 4 rings (SSSR count). The smallest absolute Gasteiger partial charge is 1.00 e. The SMILES string of the molecule is CCCc1[cH-]c2ccccc2c1C.CCCc1[cH-]c2ccccc2c1C.CC[SiH]CC.[I-].[I-].[Zr+4]. The van der Waals surface area contributed by atoms with E-state index in [1.807, 2.05) is 0 Å². The largest absolute Gasteiger partial charge is 4.00 e. The van der Waals surface area contributed by atoms with Crippen molar-refractivity contribution in [2.45, 2.75) is 79.3 Å². The number of fused-ring (bicyclic) bond motifs is 2. The Kier molecular flexibility index (Phi) is 21.7. The van der Waals surface area contributed by atoms with Gasteiger partial charge in [0.15, 0.2) is 0 Å². The van der Waals surface area contributed by atoms with Gasteiger partial charge < -0.3 is 48.0 Å². The summed E-state index contributed by atoms with van der Waals surface area (Å²) < 4.78 is 0. The van der Waals surface area contributed by atoms with Crippen LogP contribution in [0.25, 0.3) is 21.5 Å². The van der Waals surface area contributed by atoms with E-state index in [9.17, 15) is 0 Å². The molecule has 0 fully saturated rings. The predicted octanol–water partition coefficient (Wildman–Crippen LogP) is 2.94. The minimum absolute atomic E-state index is 0. The molecule has 0 atom stereocenters. The van der Waals surface area contributed by atoms with E-state index in [1.165, 1.54) is 81.6 Å². The maximum Gasteiger partial charge on any atom is 4.00 e. The van der Waals surface area contributed by atoms with Gasteiger partial charge in [-0.1, -0.05) is 78.6 Å². The molecule has 34 heavy (non-hydrogen) atoms. The third-order valence-corrected chi connectivity index (χ3v) is 7.12. The van der Waals surface area contributed by atoms with E-state index in [0.29, 0.717) is 0 Å². The Morgan fingerprint density at radius 2 is 0.971 bits per heavy atom. The van der Waals surface area contributed by atoms with Crippen molar-refractivity contribution in [2.75, 3.05) is 0 Å². The zero-order valence-corrected chi connectivity index (χ0v) is 29.8. The molecule has 0 aliphatic carbocycles. The Hall–Kier alpha value is 0.220. The maximum atomic E-state index is 2.33. The van der Waals surface area contributed by atoms with Crippen LogP contribution in [0.15, 0.2) is 60.7 Å². The van der Waals surface area contributed by atoms with E-state index >= 15 is 0 Å². The van der Waals surface area contributed by atoms with Gasteiger partial charge in [0.25, 0.3) is 0 Å². The maximum absolute atomic E-state index is 2.33. The second kappa shape index (κ2) is 20.3. The Balaban J connectivity index is 0. The second-order valence-corrected chi connectivity index (χ2v) is 10.6. The van der Waals surface area contributed by atoms with Gasteiger partial charge in [-0.05, 0) is 12.8 Å². The van der Waals surface area contributed by atoms with Gasteiger partial charge in [-0.25, -0.2) is 0 Å². The van der Waals surface area contributed by atoms with Crippen LogP contribution in [0.1, 0.15) is 62.8 Å². The van der Waals surface area contributed by atoms with Crippen LogP contribution in [0.3, 0.4) is 0 Å². The number of hydrogen-bond donors (Lipinski definition) is 0. The molecule has 4 aromatic rings. The van der Waals surface area contributed by atoms with Crippen LogP contribution in [0, 0.1) is 13.8 Å². The van der Waals surface area contributed by atoms with Crippen LogP contribution in [-0.2, 0) is 39.0 Å². The van der Waals surface area contributed by atoms with Gasteiger partial charge in [0.05, 0.1) is 0 Å². The van der Waals surface area contributed by atoms with E-state index in [0.717, 1.165) is 9.52 Å². The third kappa shape index (κ3) is 10.7. The molecule has 0 saturated heterocycles. The topological polar surface area (TPSA) is 0 Å². The molecule has 0 aromatic heterocycles. The fourth-order valence-corrected chi connectivity index (χ4v) is 4.79. The summed E-state index contributed by atoms with van der Waals surface area (Å²) in [4.78, 5) is 0. The van der Waals surface area contributed by atoms with Gasteiger partial charge >= 0.3 is 26.2 Å². The minimum Gasteiger partial charge on any atom is -1.00 e. The van der Waals surface area contributed by atoms with Gasteiger partial charge in [-0.3, -0.25) is 0 Å². The molecule has 0 aliphatic rings. The van der Waals surface area contributed by atoms with Crippen molar-refractivity contribution in [3.63, 3.8) is 0 Å². The quantitative estimate of drug-likeness (QED) is 0.161. The second-order valence-electron chi connectivity index (χ2n) is 8.37. The molecule has 0 unspecified atom stereocenters. The van der Waals surface area contributed by atoms with E-state index in [1.54, 1.807) is 0 Å². The summed E-state index contributed by atoms with van der Waals surface area (Å²) in [6, 6.07) is 24.8. The molecule has 0 N–H and O–H groups in total. The molecule has 0 bridgehead atoms. The summed E-state index contributed by atoms with van der Waals surface area (Å²) >= 11 is 0. The van der Waals surface area contributed by atoms with Crippen molar-refractivity contribution in [3.8, 4) is 0 Å². The number of rotatable bonds is 6. The van der Waals surface area contributed by atoms with Crippen molar-refractivity contribution < 1.29 is 74.2 Å². The van der Waals surface area contributed by atoms with Gasteiger partial charge in [0, 0.05) is 9.52 Å². The molecule has 0 spiro atoms. The van der Waals surface area contributed by atoms with Gasteiger partial charge in [-0.15, -0.1) is 81.2 Å². The molecular weight excluding hydrogens is 733 g/mol. The number of benzene rings is 2. The fourth-order valence-electron chi connectivity index (χ4n) is 4.21. The standard InChI is InChI=1S/2C13H15.C4H11Si.2HI.Zr/c2*1-3-6-11-9-12-7-4-5-8-13(12)10(11)2;1-3-5-4-2;;;/h2*4-5,7-9H,3,6H2,1-2H3;5H,3-4H2,1-2H3;2*1H;/q2*-1;;;;+4/p-2. The summed E-state index contributed by atoms with van der Waals surface area (Å²) in [6.45, 7) is 13.4. The number of halogens is 2. The monoisotopic (exact) mass is 773 g/mol. The molecule has 4 aromatic carbocycles. The molecule has 1 radical (unpaired) electrons. The minimum atomic E-state index is 0.